The summed E-state index contributed by atoms with van der Waals surface area (Å²) in [5, 5.41) is 0.599. The van der Waals surface area contributed by atoms with Crippen LogP contribution in [0, 0.1) is 17.8 Å². The zero-order valence-electron chi connectivity index (χ0n) is 22.2. The van der Waals surface area contributed by atoms with Gasteiger partial charge in [0.2, 0.25) is 0 Å². The van der Waals surface area contributed by atoms with E-state index in [9.17, 15) is 14.4 Å². The van der Waals surface area contributed by atoms with Gasteiger partial charge in [-0.3, -0.25) is 9.59 Å². The number of carbonyl (C=O) groups is 3. The molecule has 3 saturated heterocycles. The van der Waals surface area contributed by atoms with E-state index in [1.54, 1.807) is 0 Å². The highest BCUT2D eigenvalue weighted by molar-refractivity contribution is 6.01. The van der Waals surface area contributed by atoms with Gasteiger partial charge in [0, 0.05) is 12.8 Å². The van der Waals surface area contributed by atoms with Crippen molar-refractivity contribution in [2.45, 2.75) is 117 Å². The van der Waals surface area contributed by atoms with Gasteiger partial charge in [-0.05, 0) is 62.9 Å². The summed E-state index contributed by atoms with van der Waals surface area (Å²) in [5.74, 6) is -0.184. The third-order valence-corrected chi connectivity index (χ3v) is 7.57. The monoisotopic (exact) mass is 489 g/mol. The highest BCUT2D eigenvalue weighted by Crippen LogP contribution is 2.46. The van der Waals surface area contributed by atoms with E-state index in [2.05, 4.69) is 59.8 Å². The number of carbonyl (C=O) groups excluding carboxylic acids is 3. The molecule has 35 heavy (non-hydrogen) atoms. The maximum atomic E-state index is 12.3. The van der Waals surface area contributed by atoms with E-state index < -0.39 is 17.8 Å². The third kappa shape index (κ3) is 7.26. The summed E-state index contributed by atoms with van der Waals surface area (Å²) in [6, 6.07) is 0. The maximum absolute atomic E-state index is 12.3. The molecule has 7 nitrogen and oxygen atoms in total. The molecule has 0 N–H and O–H groups in total. The molecule has 0 spiro atoms. The second-order valence-electron chi connectivity index (χ2n) is 11.1. The number of hydrogen-bond acceptors (Lipinski definition) is 6. The molecule has 196 valence electrons. The van der Waals surface area contributed by atoms with Crippen molar-refractivity contribution < 1.29 is 28.7 Å². The quantitative estimate of drug-likeness (QED) is 0.223. The summed E-state index contributed by atoms with van der Waals surface area (Å²) < 4.78 is 12.3. The maximum Gasteiger partial charge on any atom is 0.335 e. The number of rotatable bonds is 11. The fraction of sp³-hybridized carbons (Fsp3) is 0.750. The Hall–Kier alpha value is -1.99. The van der Waals surface area contributed by atoms with Crippen molar-refractivity contribution in [3.63, 3.8) is 0 Å². The molecule has 3 aliphatic rings. The predicted octanol–water partition coefficient (Wildman–Crippen LogP) is 5.29. The van der Waals surface area contributed by atoms with Crippen molar-refractivity contribution in [2.75, 3.05) is 0 Å². The number of epoxide rings is 1. The van der Waals surface area contributed by atoms with Gasteiger partial charge >= 0.3 is 5.97 Å². The first-order chi connectivity index (χ1) is 16.5. The van der Waals surface area contributed by atoms with E-state index in [1.807, 2.05) is 0 Å². The van der Waals surface area contributed by atoms with Crippen molar-refractivity contribution in [1.29, 1.82) is 0 Å². The molecule has 0 bridgehead atoms. The Morgan fingerprint density at radius 1 is 1.23 bits per heavy atom. The van der Waals surface area contributed by atoms with Gasteiger partial charge in [0.05, 0.1) is 30.3 Å². The number of amides is 2. The molecule has 3 fully saturated rings. The van der Waals surface area contributed by atoms with Gasteiger partial charge in [-0.2, -0.15) is 0 Å². The molecule has 0 saturated carbocycles. The van der Waals surface area contributed by atoms with Crippen LogP contribution in [0.2, 0.25) is 0 Å². The Morgan fingerprint density at radius 3 is 2.57 bits per heavy atom. The topological polar surface area (TPSA) is 85.4 Å². The van der Waals surface area contributed by atoms with E-state index in [1.165, 1.54) is 12.8 Å². The van der Waals surface area contributed by atoms with Crippen LogP contribution in [-0.4, -0.2) is 46.8 Å². The lowest BCUT2D eigenvalue weighted by Crippen LogP contribution is -2.38. The first-order valence-electron chi connectivity index (χ1n) is 13.3. The van der Waals surface area contributed by atoms with Crippen molar-refractivity contribution in [2.24, 2.45) is 17.8 Å². The number of hydroxylamine groups is 2. The van der Waals surface area contributed by atoms with Gasteiger partial charge in [0.1, 0.15) is 0 Å². The number of imide groups is 1. The lowest BCUT2D eigenvalue weighted by Gasteiger charge is -2.35. The zero-order valence-corrected chi connectivity index (χ0v) is 22.2. The minimum absolute atomic E-state index is 0.00970. The number of nitrogens with zero attached hydrogens (tertiary/aromatic N) is 1. The summed E-state index contributed by atoms with van der Waals surface area (Å²) in [4.78, 5) is 40.7. The Kier molecular flexibility index (Phi) is 9.33. The lowest BCUT2D eigenvalue weighted by molar-refractivity contribution is -0.200. The zero-order chi connectivity index (χ0) is 25.8. The van der Waals surface area contributed by atoms with E-state index in [-0.39, 0.29) is 37.1 Å². The number of ether oxygens (including phenoxy) is 2. The fourth-order valence-electron chi connectivity index (χ4n) is 5.64. The van der Waals surface area contributed by atoms with Crippen LogP contribution in [0.25, 0.3) is 0 Å². The summed E-state index contributed by atoms with van der Waals surface area (Å²) in [7, 11) is 0. The number of allylic oxidation sites excluding steroid dienone is 3. The molecule has 7 heteroatoms. The molecule has 3 heterocycles. The molecule has 0 aromatic heterocycles. The summed E-state index contributed by atoms with van der Waals surface area (Å²) in [6.07, 6.45) is 11.7. The molecule has 0 radical (unpaired) electrons. The van der Waals surface area contributed by atoms with Gasteiger partial charge in [-0.25, -0.2) is 4.79 Å². The van der Waals surface area contributed by atoms with Crippen LogP contribution in [0.5, 0.6) is 0 Å². The Balaban J connectivity index is 1.48. The summed E-state index contributed by atoms with van der Waals surface area (Å²) in [6.45, 7) is 13.2. The van der Waals surface area contributed by atoms with Gasteiger partial charge in [-0.1, -0.05) is 52.3 Å². The largest absolute Gasteiger partial charge is 0.370 e. The predicted molar refractivity (Wildman–Crippen MR) is 133 cm³/mol. The van der Waals surface area contributed by atoms with Crippen LogP contribution < -0.4 is 0 Å². The molecule has 3 rings (SSSR count). The highest BCUT2D eigenvalue weighted by Gasteiger charge is 2.54. The molecule has 0 aliphatic carbocycles. The van der Waals surface area contributed by atoms with Crippen molar-refractivity contribution >= 4 is 17.8 Å². The first kappa shape index (κ1) is 27.6. The van der Waals surface area contributed by atoms with Crippen LogP contribution in [-0.2, 0) is 28.7 Å². The Labute approximate surface area is 210 Å². The van der Waals surface area contributed by atoms with E-state index >= 15 is 0 Å². The minimum Gasteiger partial charge on any atom is -0.370 e. The van der Waals surface area contributed by atoms with Crippen LogP contribution in [0.4, 0.5) is 0 Å². The second-order valence-corrected chi connectivity index (χ2v) is 11.1. The molecular weight excluding hydrogens is 446 g/mol. The third-order valence-electron chi connectivity index (χ3n) is 7.57. The fourth-order valence-corrected chi connectivity index (χ4v) is 5.64. The molecule has 3 aliphatic heterocycles. The minimum atomic E-state index is -0.607. The van der Waals surface area contributed by atoms with Crippen LogP contribution in [0.1, 0.15) is 92.9 Å². The lowest BCUT2D eigenvalue weighted by atomic mass is 9.87. The molecule has 0 aromatic carbocycles. The average Bonchev–Trinajstić information content (AvgIpc) is 3.37. The standard InChI is InChI=1S/C28H43NO6/c1-7-9-21(5)27-28(6,34-27)17-18(2)10-8-11-19(3)26-20(4)12-13-22(33-26)16-25(32)35-29-23(30)14-15-24(29)31/h8,10-11,18,20-22,26-27H,7,9,12-17H2,1-6H3/b10-8+,19-11+/t18-,20+,21-,22-,26-,27-,28?/m1/s1. The van der Waals surface area contributed by atoms with E-state index in [0.717, 1.165) is 24.8 Å². The van der Waals surface area contributed by atoms with Crippen LogP contribution in [0.3, 0.4) is 0 Å². The molecule has 1 unspecified atom stereocenters. The van der Waals surface area contributed by atoms with Gasteiger partial charge in [0.15, 0.2) is 0 Å². The van der Waals surface area contributed by atoms with Gasteiger partial charge < -0.3 is 14.3 Å². The second kappa shape index (κ2) is 11.8. The van der Waals surface area contributed by atoms with Crippen molar-refractivity contribution in [3.8, 4) is 0 Å². The smallest absolute Gasteiger partial charge is 0.335 e. The van der Waals surface area contributed by atoms with Crippen molar-refractivity contribution in [1.82, 2.24) is 5.06 Å². The average molecular weight is 490 g/mol. The van der Waals surface area contributed by atoms with Crippen LogP contribution >= 0.6 is 0 Å². The Bertz CT molecular complexity index is 834. The van der Waals surface area contributed by atoms with Gasteiger partial charge in [0.25, 0.3) is 11.8 Å². The Morgan fingerprint density at radius 2 is 1.91 bits per heavy atom. The normalized spacial score (nSPS) is 33.3. The highest BCUT2D eigenvalue weighted by atomic mass is 16.7. The molecule has 2 amide bonds. The summed E-state index contributed by atoms with van der Waals surface area (Å²) in [5.41, 5.74) is 1.11. The van der Waals surface area contributed by atoms with Gasteiger partial charge in [-0.15, -0.1) is 5.06 Å². The molecular formula is C28H43NO6. The SMILES string of the molecule is CCC[C@@H](C)[C@H]1OC1(C)C[C@H](C)/C=C/C=C(\C)[C@H]1O[C@@H](CC(=O)ON2C(=O)CCC2=O)CC[C@@H]1C. The molecule has 7 atom stereocenters. The number of hydrogen-bond donors (Lipinski definition) is 0. The first-order valence-corrected chi connectivity index (χ1v) is 13.3. The summed E-state index contributed by atoms with van der Waals surface area (Å²) >= 11 is 0. The van der Waals surface area contributed by atoms with E-state index in [0.29, 0.717) is 28.9 Å². The van der Waals surface area contributed by atoms with Crippen molar-refractivity contribution in [3.05, 3.63) is 23.8 Å². The molecule has 0 aromatic rings. The van der Waals surface area contributed by atoms with E-state index in [4.69, 9.17) is 14.3 Å². The van der Waals surface area contributed by atoms with Crippen LogP contribution in [0.15, 0.2) is 23.8 Å².